The lowest BCUT2D eigenvalue weighted by Crippen LogP contribution is -1.87. The molecule has 8 bridgehead atoms. The van der Waals surface area contributed by atoms with E-state index >= 15 is 0 Å². The van der Waals surface area contributed by atoms with Gasteiger partial charge in [0.1, 0.15) is 0 Å². The van der Waals surface area contributed by atoms with Crippen LogP contribution in [0.4, 0.5) is 0 Å². The predicted octanol–water partition coefficient (Wildman–Crippen LogP) is 8.94. The van der Waals surface area contributed by atoms with Gasteiger partial charge in [-0.3, -0.25) is 4.98 Å². The highest BCUT2D eigenvalue weighted by Crippen LogP contribution is 2.43. The number of pyridine rings is 1. The van der Waals surface area contributed by atoms with E-state index in [1.165, 1.54) is 53.9 Å². The van der Waals surface area contributed by atoms with Gasteiger partial charge in [-0.15, -0.1) is 11.3 Å². The van der Waals surface area contributed by atoms with Crippen molar-refractivity contribution in [1.29, 1.82) is 0 Å². The number of thiophene rings is 1. The maximum Gasteiger partial charge on any atom is 0.0880 e. The number of hydrogen-bond donors (Lipinski definition) is 0. The molecule has 0 fully saturated rings. The molecule has 0 amide bonds. The quantitative estimate of drug-likeness (QED) is 0.231. The second-order valence-electron chi connectivity index (χ2n) is 8.48. The highest BCUT2D eigenvalue weighted by molar-refractivity contribution is 7.22. The van der Waals surface area contributed by atoms with Crippen molar-refractivity contribution in [1.82, 2.24) is 4.98 Å². The van der Waals surface area contributed by atoms with Crippen LogP contribution in [0.15, 0.2) is 115 Å². The second-order valence-corrected chi connectivity index (χ2v) is 9.53. The molecular formula is C31H19NS. The Morgan fingerprint density at radius 1 is 0.485 bits per heavy atom. The van der Waals surface area contributed by atoms with Crippen molar-refractivity contribution in [3.8, 4) is 55.1 Å². The van der Waals surface area contributed by atoms with Crippen LogP contribution in [0.3, 0.4) is 0 Å². The lowest BCUT2D eigenvalue weighted by molar-refractivity contribution is 1.37. The third kappa shape index (κ3) is 3.03. The first-order valence-electron chi connectivity index (χ1n) is 11.1. The molecule has 3 heterocycles. The van der Waals surface area contributed by atoms with Gasteiger partial charge in [-0.2, -0.15) is 0 Å². The van der Waals surface area contributed by atoms with Crippen LogP contribution in [0, 0.1) is 0 Å². The molecule has 0 radical (unpaired) electrons. The molecule has 0 aliphatic carbocycles. The summed E-state index contributed by atoms with van der Waals surface area (Å²) < 4.78 is 1.23. The van der Waals surface area contributed by atoms with Crippen LogP contribution in [-0.2, 0) is 0 Å². The van der Waals surface area contributed by atoms with Crippen LogP contribution in [0.25, 0.3) is 65.2 Å². The van der Waals surface area contributed by atoms with Gasteiger partial charge >= 0.3 is 0 Å². The monoisotopic (exact) mass is 437 g/mol. The molecule has 0 atom stereocenters. The van der Waals surface area contributed by atoms with Gasteiger partial charge in [0.05, 0.1) is 10.4 Å². The molecule has 154 valence electrons. The summed E-state index contributed by atoms with van der Waals surface area (Å²) in [5.74, 6) is 0. The van der Waals surface area contributed by atoms with Crippen LogP contribution in [0.2, 0.25) is 0 Å². The van der Waals surface area contributed by atoms with Crippen molar-refractivity contribution in [2.24, 2.45) is 0 Å². The fourth-order valence-corrected chi connectivity index (χ4v) is 6.05. The molecule has 4 aromatic carbocycles. The van der Waals surface area contributed by atoms with Crippen molar-refractivity contribution in [3.05, 3.63) is 115 Å². The van der Waals surface area contributed by atoms with E-state index in [1.807, 2.05) is 17.5 Å². The van der Waals surface area contributed by atoms with Crippen molar-refractivity contribution in [3.63, 3.8) is 0 Å². The van der Waals surface area contributed by atoms with Gasteiger partial charge in [-0.1, -0.05) is 78.9 Å². The number of fused-ring (bicyclic) bond motifs is 13. The molecule has 0 saturated carbocycles. The Hall–Kier alpha value is -4.01. The average molecular weight is 438 g/mol. The number of nitrogens with zero attached hydrogens (tertiary/aromatic N) is 1. The molecule has 2 heteroatoms. The van der Waals surface area contributed by atoms with Crippen molar-refractivity contribution in [2.45, 2.75) is 0 Å². The van der Waals surface area contributed by atoms with E-state index in [0.29, 0.717) is 0 Å². The van der Waals surface area contributed by atoms with Crippen LogP contribution in [0.1, 0.15) is 0 Å². The van der Waals surface area contributed by atoms with E-state index in [-0.39, 0.29) is 0 Å². The minimum Gasteiger partial charge on any atom is -0.255 e. The number of rotatable bonds is 0. The maximum absolute atomic E-state index is 4.82. The topological polar surface area (TPSA) is 12.9 Å². The molecule has 0 unspecified atom stereocenters. The average Bonchev–Trinajstić information content (AvgIpc) is 3.33. The van der Waals surface area contributed by atoms with Gasteiger partial charge in [0.15, 0.2) is 0 Å². The van der Waals surface area contributed by atoms with Crippen molar-refractivity contribution < 1.29 is 0 Å². The normalized spacial score (nSPS) is 11.6. The Balaban J connectivity index is 1.62. The Labute approximate surface area is 196 Å². The Morgan fingerprint density at radius 2 is 1.06 bits per heavy atom. The number of benzene rings is 4. The summed E-state index contributed by atoms with van der Waals surface area (Å²) in [4.78, 5) is 6.09. The lowest BCUT2D eigenvalue weighted by Gasteiger charge is -2.11. The van der Waals surface area contributed by atoms with Gasteiger partial charge < -0.3 is 0 Å². The third-order valence-electron chi connectivity index (χ3n) is 6.46. The minimum atomic E-state index is 1.05. The largest absolute Gasteiger partial charge is 0.255 e. The SMILES string of the molecule is c1cc2cc(c1)-c1cccc(c1)-c1nccc3cc(sc13)-c1ccccc1-c1cccc-2c1. The zero-order valence-electron chi connectivity index (χ0n) is 17.8. The molecule has 1 aliphatic rings. The zero-order valence-corrected chi connectivity index (χ0v) is 18.6. The van der Waals surface area contributed by atoms with E-state index in [1.54, 1.807) is 0 Å². The van der Waals surface area contributed by atoms with E-state index in [0.717, 1.165) is 11.3 Å². The lowest BCUT2D eigenvalue weighted by atomic mass is 9.93. The van der Waals surface area contributed by atoms with Crippen LogP contribution >= 0.6 is 11.3 Å². The first-order valence-corrected chi connectivity index (χ1v) is 11.9. The molecule has 0 saturated heterocycles. The van der Waals surface area contributed by atoms with E-state index in [9.17, 15) is 0 Å². The predicted molar refractivity (Wildman–Crippen MR) is 140 cm³/mol. The van der Waals surface area contributed by atoms with Crippen LogP contribution < -0.4 is 0 Å². The smallest absolute Gasteiger partial charge is 0.0880 e. The summed E-state index contributed by atoms with van der Waals surface area (Å²) in [7, 11) is 0. The Kier molecular flexibility index (Phi) is 4.08. The standard InChI is InChI=1S/C31H19NS/c1-2-13-28-27(12-1)24-10-4-8-22(17-24)20-6-3-7-21(16-20)23-9-5-11-25(18-23)30-31-26(14-15-32-30)19-29(28)33-31/h1-19H. The molecule has 0 spiro atoms. The Bertz CT molecular complexity index is 1670. The molecule has 1 aliphatic heterocycles. The Morgan fingerprint density at radius 3 is 1.79 bits per heavy atom. The summed E-state index contributed by atoms with van der Waals surface area (Å²) in [6, 6.07) is 39.7. The summed E-state index contributed by atoms with van der Waals surface area (Å²) in [5, 5.41) is 1.24. The van der Waals surface area contributed by atoms with Gasteiger partial charge in [-0.05, 0) is 74.7 Å². The molecule has 7 rings (SSSR count). The third-order valence-corrected chi connectivity index (χ3v) is 7.66. The molecule has 33 heavy (non-hydrogen) atoms. The summed E-state index contributed by atoms with van der Waals surface area (Å²) in [6.45, 7) is 0. The van der Waals surface area contributed by atoms with Crippen LogP contribution in [-0.4, -0.2) is 4.98 Å². The summed E-state index contributed by atoms with van der Waals surface area (Å²) in [5.41, 5.74) is 10.8. The molecule has 1 nitrogen and oxygen atoms in total. The zero-order chi connectivity index (χ0) is 21.8. The van der Waals surface area contributed by atoms with Gasteiger partial charge in [0.25, 0.3) is 0 Å². The van der Waals surface area contributed by atoms with Gasteiger partial charge in [-0.25, -0.2) is 0 Å². The highest BCUT2D eigenvalue weighted by atomic mass is 32.1. The van der Waals surface area contributed by atoms with Crippen molar-refractivity contribution >= 4 is 21.4 Å². The van der Waals surface area contributed by atoms with Crippen LogP contribution in [0.5, 0.6) is 0 Å². The summed E-state index contributed by atoms with van der Waals surface area (Å²) >= 11 is 1.83. The maximum atomic E-state index is 4.82. The van der Waals surface area contributed by atoms with E-state index in [2.05, 4.69) is 109 Å². The molecule has 6 aromatic rings. The fraction of sp³-hybridized carbons (Fsp3) is 0. The van der Waals surface area contributed by atoms with Gasteiger partial charge in [0.2, 0.25) is 0 Å². The van der Waals surface area contributed by atoms with Gasteiger partial charge in [0, 0.05) is 16.6 Å². The first-order chi connectivity index (χ1) is 16.3. The molecule has 2 aromatic heterocycles. The first kappa shape index (κ1) is 18.6. The fourth-order valence-electron chi connectivity index (χ4n) is 4.84. The molecule has 0 N–H and O–H groups in total. The highest BCUT2D eigenvalue weighted by Gasteiger charge is 2.15. The summed E-state index contributed by atoms with van der Waals surface area (Å²) in [6.07, 6.45) is 1.93. The van der Waals surface area contributed by atoms with E-state index in [4.69, 9.17) is 4.98 Å². The minimum absolute atomic E-state index is 1.05. The molecular weight excluding hydrogens is 418 g/mol. The second kappa shape index (κ2) is 7.26. The van der Waals surface area contributed by atoms with E-state index < -0.39 is 0 Å². The number of hydrogen-bond acceptors (Lipinski definition) is 2. The van der Waals surface area contributed by atoms with Crippen molar-refractivity contribution in [2.75, 3.05) is 0 Å². The number of aromatic nitrogens is 1.